The first kappa shape index (κ1) is 13.9. The molecule has 1 atom stereocenters. The molecule has 3 rings (SSSR count). The molecule has 1 saturated heterocycles. The van der Waals surface area contributed by atoms with Crippen LogP contribution >= 0.6 is 0 Å². The lowest BCUT2D eigenvalue weighted by atomic mass is 9.76. The van der Waals surface area contributed by atoms with Crippen molar-refractivity contribution in [3.05, 3.63) is 29.8 Å². The van der Waals surface area contributed by atoms with Gasteiger partial charge in [-0.2, -0.15) is 0 Å². The Morgan fingerprint density at radius 3 is 2.75 bits per heavy atom. The molecule has 0 aromatic heterocycles. The van der Waals surface area contributed by atoms with Gasteiger partial charge >= 0.3 is 0 Å². The Bertz CT molecular complexity index is 425. The summed E-state index contributed by atoms with van der Waals surface area (Å²) in [4.78, 5) is 2.67. The first-order chi connectivity index (χ1) is 9.88. The largest absolute Gasteiger partial charge is 0.494 e. The molecular weight excluding hydrogens is 248 g/mol. The van der Waals surface area contributed by atoms with Crippen molar-refractivity contribution in [1.82, 2.24) is 10.2 Å². The van der Waals surface area contributed by atoms with Gasteiger partial charge in [0.05, 0.1) is 6.61 Å². The summed E-state index contributed by atoms with van der Waals surface area (Å²) >= 11 is 0. The van der Waals surface area contributed by atoms with Crippen LogP contribution in [0.3, 0.4) is 0 Å². The fraction of sp³-hybridized carbons (Fsp3) is 0.647. The Labute approximate surface area is 122 Å². The van der Waals surface area contributed by atoms with Gasteiger partial charge in [-0.15, -0.1) is 0 Å². The monoisotopic (exact) mass is 274 g/mol. The molecule has 3 heteroatoms. The zero-order valence-electron chi connectivity index (χ0n) is 12.5. The first-order valence-corrected chi connectivity index (χ1v) is 8.06. The van der Waals surface area contributed by atoms with Gasteiger partial charge in [-0.05, 0) is 43.4 Å². The van der Waals surface area contributed by atoms with Gasteiger partial charge in [0.2, 0.25) is 0 Å². The smallest absolute Gasteiger partial charge is 0.119 e. The van der Waals surface area contributed by atoms with E-state index >= 15 is 0 Å². The Kier molecular flexibility index (Phi) is 4.58. The van der Waals surface area contributed by atoms with E-state index in [1.165, 1.54) is 37.9 Å². The molecule has 0 unspecified atom stereocenters. The van der Waals surface area contributed by atoms with Gasteiger partial charge in [0.1, 0.15) is 5.75 Å². The minimum absolute atomic E-state index is 0.589. The quantitative estimate of drug-likeness (QED) is 0.893. The van der Waals surface area contributed by atoms with E-state index in [9.17, 15) is 0 Å². The van der Waals surface area contributed by atoms with E-state index < -0.39 is 0 Å². The third kappa shape index (κ3) is 2.99. The van der Waals surface area contributed by atoms with Crippen molar-refractivity contribution in [3.63, 3.8) is 0 Å². The predicted molar refractivity (Wildman–Crippen MR) is 82.1 cm³/mol. The topological polar surface area (TPSA) is 24.5 Å². The summed E-state index contributed by atoms with van der Waals surface area (Å²) < 4.78 is 5.68. The minimum atomic E-state index is 0.589. The summed E-state index contributed by atoms with van der Waals surface area (Å²) in [6.07, 6.45) is 4.17. The van der Waals surface area contributed by atoms with E-state index in [-0.39, 0.29) is 0 Å². The fourth-order valence-corrected chi connectivity index (χ4v) is 3.45. The molecule has 1 aromatic carbocycles. The minimum Gasteiger partial charge on any atom is -0.494 e. The van der Waals surface area contributed by atoms with Crippen LogP contribution in [-0.4, -0.2) is 37.7 Å². The number of ether oxygens (including phenoxy) is 1. The van der Waals surface area contributed by atoms with Gasteiger partial charge < -0.3 is 10.1 Å². The molecule has 1 saturated carbocycles. The molecule has 2 fully saturated rings. The number of hydrogen-bond acceptors (Lipinski definition) is 3. The van der Waals surface area contributed by atoms with Crippen molar-refractivity contribution in [2.75, 3.05) is 32.8 Å². The number of hydrogen-bond donors (Lipinski definition) is 1. The van der Waals surface area contributed by atoms with Crippen LogP contribution in [0.25, 0.3) is 0 Å². The van der Waals surface area contributed by atoms with E-state index in [1.54, 1.807) is 0 Å². The van der Waals surface area contributed by atoms with Crippen LogP contribution in [0, 0.1) is 5.92 Å². The molecule has 1 heterocycles. The average molecular weight is 274 g/mol. The summed E-state index contributed by atoms with van der Waals surface area (Å²) in [5.74, 6) is 1.86. The molecule has 0 bridgehead atoms. The summed E-state index contributed by atoms with van der Waals surface area (Å²) in [7, 11) is 0. The molecule has 1 aliphatic heterocycles. The number of piperazine rings is 1. The van der Waals surface area contributed by atoms with Gasteiger partial charge in [-0.3, -0.25) is 4.90 Å². The molecule has 1 N–H and O–H groups in total. The van der Waals surface area contributed by atoms with Crippen LogP contribution in [0.2, 0.25) is 0 Å². The highest BCUT2D eigenvalue weighted by atomic mass is 16.5. The van der Waals surface area contributed by atoms with Gasteiger partial charge in [-0.25, -0.2) is 0 Å². The highest BCUT2D eigenvalue weighted by Crippen LogP contribution is 2.42. The maximum absolute atomic E-state index is 5.68. The Morgan fingerprint density at radius 2 is 2.10 bits per heavy atom. The summed E-state index contributed by atoms with van der Waals surface area (Å²) in [5.41, 5.74) is 1.45. The third-order valence-electron chi connectivity index (χ3n) is 4.65. The van der Waals surface area contributed by atoms with Crippen molar-refractivity contribution < 1.29 is 4.74 Å². The average Bonchev–Trinajstić information content (AvgIpc) is 2.44. The van der Waals surface area contributed by atoms with Crippen molar-refractivity contribution in [2.45, 2.75) is 32.2 Å². The Balaban J connectivity index is 1.82. The van der Waals surface area contributed by atoms with Crippen LogP contribution in [0.15, 0.2) is 24.3 Å². The molecule has 0 spiro atoms. The Morgan fingerprint density at radius 1 is 1.30 bits per heavy atom. The zero-order valence-corrected chi connectivity index (χ0v) is 12.5. The van der Waals surface area contributed by atoms with Crippen LogP contribution in [-0.2, 0) is 0 Å². The molecule has 1 aromatic rings. The number of benzene rings is 1. The lowest BCUT2D eigenvalue weighted by molar-refractivity contribution is 0.0835. The first-order valence-electron chi connectivity index (χ1n) is 8.06. The third-order valence-corrected chi connectivity index (χ3v) is 4.65. The summed E-state index contributed by atoms with van der Waals surface area (Å²) in [6.45, 7) is 7.36. The second-order valence-corrected chi connectivity index (χ2v) is 5.93. The van der Waals surface area contributed by atoms with Gasteiger partial charge in [0.15, 0.2) is 0 Å². The van der Waals surface area contributed by atoms with E-state index in [4.69, 9.17) is 4.74 Å². The molecule has 3 nitrogen and oxygen atoms in total. The molecule has 110 valence electrons. The van der Waals surface area contributed by atoms with E-state index in [0.717, 1.165) is 31.4 Å². The van der Waals surface area contributed by atoms with Crippen molar-refractivity contribution in [2.24, 2.45) is 5.92 Å². The lowest BCUT2D eigenvalue weighted by Crippen LogP contribution is -2.47. The van der Waals surface area contributed by atoms with Crippen molar-refractivity contribution in [3.8, 4) is 5.75 Å². The standard InChI is InChI=1S/C17H26N2O/c1-2-20-16-8-4-7-15(13-16)17(14-5-3-6-14)19-11-9-18-10-12-19/h4,7-8,13-14,17-18H,2-3,5-6,9-12H2,1H3/t17-/m0/s1. The number of nitrogens with zero attached hydrogens (tertiary/aromatic N) is 1. The molecule has 0 amide bonds. The highest BCUT2D eigenvalue weighted by Gasteiger charge is 2.33. The normalized spacial score (nSPS) is 22.2. The van der Waals surface area contributed by atoms with Crippen LogP contribution in [0.4, 0.5) is 0 Å². The maximum Gasteiger partial charge on any atom is 0.119 e. The van der Waals surface area contributed by atoms with Crippen LogP contribution in [0.5, 0.6) is 5.75 Å². The van der Waals surface area contributed by atoms with Crippen molar-refractivity contribution in [1.29, 1.82) is 0 Å². The van der Waals surface area contributed by atoms with E-state index in [0.29, 0.717) is 6.04 Å². The predicted octanol–water partition coefficient (Wildman–Crippen LogP) is 2.83. The zero-order chi connectivity index (χ0) is 13.8. The lowest BCUT2D eigenvalue weighted by Gasteiger charge is -2.43. The second kappa shape index (κ2) is 6.59. The Hall–Kier alpha value is -1.06. The fourth-order valence-electron chi connectivity index (χ4n) is 3.45. The van der Waals surface area contributed by atoms with E-state index in [2.05, 4.69) is 34.5 Å². The van der Waals surface area contributed by atoms with Gasteiger partial charge in [-0.1, -0.05) is 18.6 Å². The number of rotatable bonds is 5. The highest BCUT2D eigenvalue weighted by molar-refractivity contribution is 5.31. The molecular formula is C17H26N2O. The van der Waals surface area contributed by atoms with Gasteiger partial charge in [0, 0.05) is 32.2 Å². The SMILES string of the molecule is CCOc1cccc([C@H](C2CCC2)N2CCNCC2)c1. The molecule has 0 radical (unpaired) electrons. The van der Waals surface area contributed by atoms with E-state index in [1.807, 2.05) is 6.92 Å². The molecule has 20 heavy (non-hydrogen) atoms. The molecule has 1 aliphatic carbocycles. The maximum atomic E-state index is 5.68. The van der Waals surface area contributed by atoms with Gasteiger partial charge in [0.25, 0.3) is 0 Å². The second-order valence-electron chi connectivity index (χ2n) is 5.93. The van der Waals surface area contributed by atoms with Crippen molar-refractivity contribution >= 4 is 0 Å². The van der Waals surface area contributed by atoms with Crippen LogP contribution < -0.4 is 10.1 Å². The molecule has 2 aliphatic rings. The number of nitrogens with one attached hydrogen (secondary N) is 1. The summed E-state index contributed by atoms with van der Waals surface area (Å²) in [6, 6.07) is 9.35. The van der Waals surface area contributed by atoms with Crippen LogP contribution in [0.1, 0.15) is 37.8 Å². The summed E-state index contributed by atoms with van der Waals surface area (Å²) in [5, 5.41) is 3.46.